The first-order valence-electron chi connectivity index (χ1n) is 7.38. The summed E-state index contributed by atoms with van der Waals surface area (Å²) in [5.74, 6) is 0.549. The molecule has 6 heteroatoms. The molecule has 0 saturated carbocycles. The molecule has 1 aliphatic rings. The molecule has 0 unspecified atom stereocenters. The summed E-state index contributed by atoms with van der Waals surface area (Å²) in [4.78, 5) is 11.7. The maximum Gasteiger partial charge on any atom is 0.183 e. The van der Waals surface area contributed by atoms with Crippen molar-refractivity contribution >= 4 is 21.9 Å². The first kappa shape index (κ1) is 13.0. The molecule has 2 N–H and O–H groups in total. The Morgan fingerprint density at radius 3 is 3.18 bits per heavy atom. The zero-order chi connectivity index (χ0) is 14.9. The molecule has 22 heavy (non-hydrogen) atoms. The predicted octanol–water partition coefficient (Wildman–Crippen LogP) is 2.11. The van der Waals surface area contributed by atoms with Crippen LogP contribution in [0.5, 0.6) is 5.75 Å². The predicted molar refractivity (Wildman–Crippen MR) is 82.6 cm³/mol. The standard InChI is InChI=1S/C16H15N5O/c17-7-12-15(22-9-10-3-1-5-18-10)14-11-4-2-6-19-16(11)21-13(14)8-20-12/h2,4,6,8,10,18H,1,3,5,9H2,(H,19,21)/t10-/m0/s1. The Morgan fingerprint density at radius 2 is 2.36 bits per heavy atom. The largest absolute Gasteiger partial charge is 0.488 e. The summed E-state index contributed by atoms with van der Waals surface area (Å²) in [6.07, 6.45) is 5.66. The van der Waals surface area contributed by atoms with Crippen LogP contribution in [0.25, 0.3) is 21.9 Å². The van der Waals surface area contributed by atoms with Gasteiger partial charge in [-0.05, 0) is 31.5 Å². The zero-order valence-electron chi connectivity index (χ0n) is 12.0. The summed E-state index contributed by atoms with van der Waals surface area (Å²) >= 11 is 0. The minimum atomic E-state index is 0.315. The van der Waals surface area contributed by atoms with Crippen LogP contribution in [0.1, 0.15) is 18.5 Å². The third-order valence-corrected chi connectivity index (χ3v) is 4.06. The molecule has 3 aromatic heterocycles. The molecule has 0 aliphatic carbocycles. The summed E-state index contributed by atoms with van der Waals surface area (Å²) in [7, 11) is 0. The van der Waals surface area contributed by atoms with Crippen molar-refractivity contribution in [3.63, 3.8) is 0 Å². The highest BCUT2D eigenvalue weighted by atomic mass is 16.5. The highest BCUT2D eigenvalue weighted by molar-refractivity contribution is 6.09. The van der Waals surface area contributed by atoms with Crippen molar-refractivity contribution in [2.75, 3.05) is 13.2 Å². The van der Waals surface area contributed by atoms with E-state index in [9.17, 15) is 5.26 Å². The number of fused-ring (bicyclic) bond motifs is 3. The fourth-order valence-corrected chi connectivity index (χ4v) is 2.99. The van der Waals surface area contributed by atoms with Gasteiger partial charge in [0.05, 0.1) is 17.1 Å². The van der Waals surface area contributed by atoms with Crippen molar-refractivity contribution in [3.05, 3.63) is 30.2 Å². The third kappa shape index (κ3) is 2.07. The van der Waals surface area contributed by atoms with Crippen molar-refractivity contribution in [1.29, 1.82) is 5.26 Å². The molecule has 110 valence electrons. The Morgan fingerprint density at radius 1 is 1.41 bits per heavy atom. The molecule has 0 aromatic carbocycles. The van der Waals surface area contributed by atoms with Gasteiger partial charge in [-0.15, -0.1) is 0 Å². The smallest absolute Gasteiger partial charge is 0.183 e. The highest BCUT2D eigenvalue weighted by Gasteiger charge is 2.19. The van der Waals surface area contributed by atoms with Gasteiger partial charge >= 0.3 is 0 Å². The molecule has 4 rings (SSSR count). The SMILES string of the molecule is N#Cc1ncc2[nH]c3ncccc3c2c1OC[C@@H]1CCCN1. The third-order valence-electron chi connectivity index (χ3n) is 4.06. The van der Waals surface area contributed by atoms with E-state index >= 15 is 0 Å². The van der Waals surface area contributed by atoms with Crippen molar-refractivity contribution < 1.29 is 4.74 Å². The van der Waals surface area contributed by atoms with Crippen LogP contribution in [-0.4, -0.2) is 34.1 Å². The molecular formula is C16H15N5O. The summed E-state index contributed by atoms with van der Waals surface area (Å²) in [5, 5.41) is 14.6. The normalized spacial score (nSPS) is 17.9. The first-order chi connectivity index (χ1) is 10.9. The van der Waals surface area contributed by atoms with Crippen LogP contribution in [0, 0.1) is 11.3 Å². The number of nitrogens with zero attached hydrogens (tertiary/aromatic N) is 3. The van der Waals surface area contributed by atoms with E-state index in [1.807, 2.05) is 12.1 Å². The van der Waals surface area contributed by atoms with E-state index in [0.717, 1.165) is 34.9 Å². The number of pyridine rings is 2. The second-order valence-corrected chi connectivity index (χ2v) is 5.47. The lowest BCUT2D eigenvalue weighted by Gasteiger charge is -2.13. The van der Waals surface area contributed by atoms with Crippen molar-refractivity contribution in [2.24, 2.45) is 0 Å². The Bertz CT molecular complexity index is 873. The number of H-pyrrole nitrogens is 1. The molecule has 0 spiro atoms. The number of ether oxygens (including phenoxy) is 1. The van der Waals surface area contributed by atoms with E-state index in [1.54, 1.807) is 12.4 Å². The number of aromatic amines is 1. The van der Waals surface area contributed by atoms with Gasteiger partial charge in [-0.3, -0.25) is 0 Å². The van der Waals surface area contributed by atoms with Crippen LogP contribution in [0.2, 0.25) is 0 Å². The first-order valence-corrected chi connectivity index (χ1v) is 7.38. The highest BCUT2D eigenvalue weighted by Crippen LogP contribution is 2.34. The number of nitriles is 1. The number of hydrogen-bond donors (Lipinski definition) is 2. The topological polar surface area (TPSA) is 86.6 Å². The molecule has 1 atom stereocenters. The molecule has 6 nitrogen and oxygen atoms in total. The van der Waals surface area contributed by atoms with E-state index in [1.165, 1.54) is 6.42 Å². The number of rotatable bonds is 3. The number of aromatic nitrogens is 3. The second-order valence-electron chi connectivity index (χ2n) is 5.47. The quantitative estimate of drug-likeness (QED) is 0.772. The molecule has 0 bridgehead atoms. The minimum absolute atomic E-state index is 0.315. The van der Waals surface area contributed by atoms with E-state index in [4.69, 9.17) is 4.74 Å². The van der Waals surface area contributed by atoms with Crippen LogP contribution in [0.4, 0.5) is 0 Å². The number of hydrogen-bond acceptors (Lipinski definition) is 5. The molecular weight excluding hydrogens is 278 g/mol. The molecule has 4 heterocycles. The minimum Gasteiger partial charge on any atom is -0.488 e. The molecule has 1 fully saturated rings. The van der Waals surface area contributed by atoms with Gasteiger partial charge in [0.2, 0.25) is 0 Å². The molecule has 0 radical (unpaired) electrons. The van der Waals surface area contributed by atoms with Gasteiger partial charge in [0, 0.05) is 17.6 Å². The van der Waals surface area contributed by atoms with Gasteiger partial charge in [-0.25, -0.2) is 9.97 Å². The van der Waals surface area contributed by atoms with Gasteiger partial charge in [0.25, 0.3) is 0 Å². The maximum absolute atomic E-state index is 9.35. The molecule has 1 saturated heterocycles. The summed E-state index contributed by atoms with van der Waals surface area (Å²) < 4.78 is 6.00. The van der Waals surface area contributed by atoms with E-state index in [2.05, 4.69) is 26.3 Å². The Hall–Kier alpha value is -2.65. The molecule has 3 aromatic rings. The summed E-state index contributed by atoms with van der Waals surface area (Å²) in [6, 6.07) is 6.32. The van der Waals surface area contributed by atoms with E-state index in [0.29, 0.717) is 24.1 Å². The monoisotopic (exact) mass is 293 g/mol. The van der Waals surface area contributed by atoms with E-state index < -0.39 is 0 Å². The lowest BCUT2D eigenvalue weighted by atomic mass is 10.2. The zero-order valence-corrected chi connectivity index (χ0v) is 12.0. The Balaban J connectivity index is 1.83. The van der Waals surface area contributed by atoms with Crippen LogP contribution in [0.3, 0.4) is 0 Å². The lowest BCUT2D eigenvalue weighted by Crippen LogP contribution is -2.28. The molecule has 1 aliphatic heterocycles. The van der Waals surface area contributed by atoms with Crippen molar-refractivity contribution in [1.82, 2.24) is 20.3 Å². The van der Waals surface area contributed by atoms with Crippen molar-refractivity contribution in [2.45, 2.75) is 18.9 Å². The van der Waals surface area contributed by atoms with Crippen LogP contribution < -0.4 is 10.1 Å². The van der Waals surface area contributed by atoms with Gasteiger partial charge in [0.1, 0.15) is 18.3 Å². The van der Waals surface area contributed by atoms with Crippen LogP contribution in [-0.2, 0) is 0 Å². The summed E-state index contributed by atoms with van der Waals surface area (Å²) in [5.41, 5.74) is 1.93. The van der Waals surface area contributed by atoms with Crippen LogP contribution >= 0.6 is 0 Å². The average Bonchev–Trinajstić information content (AvgIpc) is 3.19. The van der Waals surface area contributed by atoms with E-state index in [-0.39, 0.29) is 0 Å². The molecule has 0 amide bonds. The van der Waals surface area contributed by atoms with Crippen molar-refractivity contribution in [3.8, 4) is 11.8 Å². The van der Waals surface area contributed by atoms with Gasteiger partial charge in [-0.1, -0.05) is 0 Å². The lowest BCUT2D eigenvalue weighted by molar-refractivity contribution is 0.279. The second kappa shape index (κ2) is 5.28. The van der Waals surface area contributed by atoms with Crippen LogP contribution in [0.15, 0.2) is 24.5 Å². The maximum atomic E-state index is 9.35. The van der Waals surface area contributed by atoms with Gasteiger partial charge in [-0.2, -0.15) is 5.26 Å². The Kier molecular flexibility index (Phi) is 3.13. The fourth-order valence-electron chi connectivity index (χ4n) is 2.99. The Labute approximate surface area is 127 Å². The van der Waals surface area contributed by atoms with Gasteiger partial charge in [0.15, 0.2) is 11.4 Å². The van der Waals surface area contributed by atoms with Gasteiger partial charge < -0.3 is 15.0 Å². The number of nitrogens with one attached hydrogen (secondary N) is 2. The average molecular weight is 293 g/mol. The fraction of sp³-hybridized carbons (Fsp3) is 0.312. The summed E-state index contributed by atoms with van der Waals surface area (Å²) in [6.45, 7) is 1.57.